The number of aliphatic hydroxyl groups is 1. The van der Waals surface area contributed by atoms with Crippen molar-refractivity contribution in [1.82, 2.24) is 4.90 Å². The van der Waals surface area contributed by atoms with Crippen LogP contribution in [0.4, 0.5) is 10.1 Å². The number of halogens is 1. The van der Waals surface area contributed by atoms with Crippen LogP contribution in [0.5, 0.6) is 0 Å². The number of aliphatic hydroxyl groups excluding tert-OH is 1. The van der Waals surface area contributed by atoms with Crippen LogP contribution in [-0.4, -0.2) is 48.8 Å². The fourth-order valence-corrected chi connectivity index (χ4v) is 2.69. The van der Waals surface area contributed by atoms with Gasteiger partial charge in [-0.3, -0.25) is 4.90 Å². The van der Waals surface area contributed by atoms with E-state index in [1.54, 1.807) is 12.1 Å². The Labute approximate surface area is 108 Å². The summed E-state index contributed by atoms with van der Waals surface area (Å²) in [5, 5.41) is 9.10. The average molecular weight is 252 g/mol. The second kappa shape index (κ2) is 5.67. The molecule has 1 aliphatic heterocycles. The third kappa shape index (κ3) is 2.82. The minimum absolute atomic E-state index is 0.195. The Morgan fingerprint density at radius 1 is 1.39 bits per heavy atom. The van der Waals surface area contributed by atoms with Gasteiger partial charge in [0.2, 0.25) is 0 Å². The minimum Gasteiger partial charge on any atom is -0.396 e. The Hall–Kier alpha value is -1.13. The van der Waals surface area contributed by atoms with Gasteiger partial charge in [-0.25, -0.2) is 4.39 Å². The quantitative estimate of drug-likeness (QED) is 0.887. The molecule has 1 aliphatic rings. The van der Waals surface area contributed by atoms with Gasteiger partial charge < -0.3 is 10.0 Å². The fraction of sp³-hybridized carbons (Fsp3) is 0.571. The first kappa shape index (κ1) is 13.3. The molecule has 0 spiro atoms. The molecule has 0 saturated carbocycles. The zero-order valence-electron chi connectivity index (χ0n) is 11.0. The van der Waals surface area contributed by atoms with Gasteiger partial charge in [0.05, 0.1) is 0 Å². The molecule has 3 nitrogen and oxygen atoms in total. The van der Waals surface area contributed by atoms with Crippen molar-refractivity contribution in [3.63, 3.8) is 0 Å². The number of piperazine rings is 1. The lowest BCUT2D eigenvalue weighted by molar-refractivity contribution is 0.154. The van der Waals surface area contributed by atoms with Crippen LogP contribution in [0.25, 0.3) is 0 Å². The number of anilines is 1. The largest absolute Gasteiger partial charge is 0.396 e. The van der Waals surface area contributed by atoms with Crippen molar-refractivity contribution in [3.8, 4) is 0 Å². The summed E-state index contributed by atoms with van der Waals surface area (Å²) < 4.78 is 13.3. The van der Waals surface area contributed by atoms with Gasteiger partial charge in [0, 0.05) is 37.5 Å². The highest BCUT2D eigenvalue weighted by Crippen LogP contribution is 2.24. The second-order valence-corrected chi connectivity index (χ2v) is 5.09. The van der Waals surface area contributed by atoms with Crippen LogP contribution >= 0.6 is 0 Å². The third-order valence-corrected chi connectivity index (χ3v) is 3.72. The molecule has 100 valence electrons. The monoisotopic (exact) mass is 252 g/mol. The van der Waals surface area contributed by atoms with Crippen molar-refractivity contribution in [1.29, 1.82) is 0 Å². The van der Waals surface area contributed by atoms with E-state index >= 15 is 0 Å². The summed E-state index contributed by atoms with van der Waals surface area (Å²) >= 11 is 0. The fourth-order valence-electron chi connectivity index (χ4n) is 2.69. The maximum absolute atomic E-state index is 13.3. The van der Waals surface area contributed by atoms with Crippen molar-refractivity contribution in [3.05, 3.63) is 30.1 Å². The predicted octanol–water partition coefficient (Wildman–Crippen LogP) is 1.72. The number of benzene rings is 1. The molecule has 1 heterocycles. The maximum atomic E-state index is 13.3. The molecular formula is C14H21FN2O. The van der Waals surface area contributed by atoms with Gasteiger partial charge in [0.1, 0.15) is 5.82 Å². The van der Waals surface area contributed by atoms with E-state index < -0.39 is 0 Å². The van der Waals surface area contributed by atoms with E-state index in [0.29, 0.717) is 12.1 Å². The highest BCUT2D eigenvalue weighted by Gasteiger charge is 2.29. The predicted molar refractivity (Wildman–Crippen MR) is 71.3 cm³/mol. The van der Waals surface area contributed by atoms with Gasteiger partial charge in [-0.2, -0.15) is 0 Å². The van der Waals surface area contributed by atoms with Crippen LogP contribution in [0.2, 0.25) is 0 Å². The van der Waals surface area contributed by atoms with E-state index in [1.807, 2.05) is 6.07 Å². The van der Waals surface area contributed by atoms with Gasteiger partial charge in [0.15, 0.2) is 0 Å². The van der Waals surface area contributed by atoms with Crippen molar-refractivity contribution in [2.45, 2.75) is 25.4 Å². The summed E-state index contributed by atoms with van der Waals surface area (Å²) in [5.41, 5.74) is 0.929. The molecule has 2 rings (SSSR count). The van der Waals surface area contributed by atoms with Crippen molar-refractivity contribution >= 4 is 5.69 Å². The van der Waals surface area contributed by atoms with Gasteiger partial charge >= 0.3 is 0 Å². The van der Waals surface area contributed by atoms with Crippen LogP contribution < -0.4 is 4.90 Å². The standard InChI is InChI=1S/C14H21FN2O/c1-11-9-16(2)14(6-7-18)10-17(11)13-5-3-4-12(15)8-13/h3-5,8,11,14,18H,6-7,9-10H2,1-2H3. The molecule has 1 aromatic carbocycles. The molecular weight excluding hydrogens is 231 g/mol. The normalized spacial score (nSPS) is 25.4. The summed E-state index contributed by atoms with van der Waals surface area (Å²) in [6, 6.07) is 7.42. The van der Waals surface area contributed by atoms with E-state index in [9.17, 15) is 4.39 Å². The van der Waals surface area contributed by atoms with Crippen LogP contribution in [0.15, 0.2) is 24.3 Å². The van der Waals surface area contributed by atoms with Crippen LogP contribution in [0.1, 0.15) is 13.3 Å². The summed E-state index contributed by atoms with van der Waals surface area (Å²) in [4.78, 5) is 4.50. The molecule has 2 unspecified atom stereocenters. The Kier molecular flexibility index (Phi) is 4.19. The molecule has 0 aliphatic carbocycles. The highest BCUT2D eigenvalue weighted by molar-refractivity contribution is 5.48. The van der Waals surface area contributed by atoms with E-state index in [2.05, 4.69) is 23.8 Å². The Bertz CT molecular complexity index is 399. The molecule has 1 fully saturated rings. The number of nitrogens with zero attached hydrogens (tertiary/aromatic N) is 2. The molecule has 0 bridgehead atoms. The van der Waals surface area contributed by atoms with Crippen molar-refractivity contribution in [2.24, 2.45) is 0 Å². The van der Waals surface area contributed by atoms with Crippen molar-refractivity contribution in [2.75, 3.05) is 31.6 Å². The second-order valence-electron chi connectivity index (χ2n) is 5.09. The SMILES string of the molecule is CC1CN(C)C(CCO)CN1c1cccc(F)c1. The van der Waals surface area contributed by atoms with Gasteiger partial charge in [-0.05, 0) is 38.6 Å². The molecule has 1 aromatic rings. The summed E-state index contributed by atoms with van der Waals surface area (Å²) in [6.45, 7) is 4.11. The van der Waals surface area contributed by atoms with Gasteiger partial charge in [-0.1, -0.05) is 6.07 Å². The number of hydrogen-bond donors (Lipinski definition) is 1. The number of hydrogen-bond acceptors (Lipinski definition) is 3. The van der Waals surface area contributed by atoms with E-state index in [4.69, 9.17) is 5.11 Å². The lowest BCUT2D eigenvalue weighted by Gasteiger charge is -2.45. The van der Waals surface area contributed by atoms with Crippen LogP contribution in [0.3, 0.4) is 0 Å². The van der Waals surface area contributed by atoms with E-state index in [-0.39, 0.29) is 12.4 Å². The zero-order valence-corrected chi connectivity index (χ0v) is 11.0. The average Bonchev–Trinajstić information content (AvgIpc) is 2.33. The Balaban J connectivity index is 2.16. The Morgan fingerprint density at radius 2 is 2.17 bits per heavy atom. The lowest BCUT2D eigenvalue weighted by atomic mass is 10.0. The first-order valence-corrected chi connectivity index (χ1v) is 6.45. The first-order valence-electron chi connectivity index (χ1n) is 6.45. The zero-order chi connectivity index (χ0) is 13.1. The van der Waals surface area contributed by atoms with Crippen LogP contribution in [-0.2, 0) is 0 Å². The van der Waals surface area contributed by atoms with Gasteiger partial charge in [0.25, 0.3) is 0 Å². The molecule has 0 radical (unpaired) electrons. The molecule has 1 saturated heterocycles. The van der Waals surface area contributed by atoms with Crippen molar-refractivity contribution < 1.29 is 9.50 Å². The van der Waals surface area contributed by atoms with E-state index in [1.165, 1.54) is 6.07 Å². The molecule has 0 amide bonds. The molecule has 4 heteroatoms. The topological polar surface area (TPSA) is 26.7 Å². The maximum Gasteiger partial charge on any atom is 0.125 e. The Morgan fingerprint density at radius 3 is 2.83 bits per heavy atom. The van der Waals surface area contributed by atoms with E-state index in [0.717, 1.165) is 25.2 Å². The summed E-state index contributed by atoms with van der Waals surface area (Å²) in [7, 11) is 2.08. The smallest absolute Gasteiger partial charge is 0.125 e. The minimum atomic E-state index is -0.197. The molecule has 0 aromatic heterocycles. The third-order valence-electron chi connectivity index (χ3n) is 3.72. The number of rotatable bonds is 3. The number of likely N-dealkylation sites (N-methyl/N-ethyl adjacent to an activating group) is 1. The highest BCUT2D eigenvalue weighted by atomic mass is 19.1. The van der Waals surface area contributed by atoms with Gasteiger partial charge in [-0.15, -0.1) is 0 Å². The lowest BCUT2D eigenvalue weighted by Crippen LogP contribution is -2.56. The molecule has 18 heavy (non-hydrogen) atoms. The summed E-state index contributed by atoms with van der Waals surface area (Å²) in [6.07, 6.45) is 0.759. The molecule has 1 N–H and O–H groups in total. The molecule has 2 atom stereocenters. The van der Waals surface area contributed by atoms with Crippen LogP contribution in [0, 0.1) is 5.82 Å². The first-order chi connectivity index (χ1) is 8.61. The summed E-state index contributed by atoms with van der Waals surface area (Å²) in [5.74, 6) is -0.197.